The number of fused-ring (bicyclic) bond motifs is 2. The molecule has 7 bridgehead atoms. The van der Waals surface area contributed by atoms with Crippen LogP contribution in [0.2, 0.25) is 0 Å². The molecule has 2 saturated heterocycles. The number of ether oxygens (including phenoxy) is 5. The van der Waals surface area contributed by atoms with Crippen LogP contribution in [0.15, 0.2) is 24.3 Å². The van der Waals surface area contributed by atoms with E-state index < -0.39 is 46.1 Å². The second-order valence-corrected chi connectivity index (χ2v) is 16.0. The van der Waals surface area contributed by atoms with Gasteiger partial charge in [0.15, 0.2) is 0 Å². The number of imide groups is 1. The molecular weight excluding hydrogens is 632 g/mol. The lowest BCUT2D eigenvalue weighted by molar-refractivity contribution is -0.320. The maximum absolute atomic E-state index is 14.1. The van der Waals surface area contributed by atoms with Gasteiger partial charge in [-0.05, 0) is 43.9 Å². The molecule has 2 aliphatic heterocycles. The zero-order valence-electron chi connectivity index (χ0n) is 29.3. The molecule has 12 nitrogen and oxygen atoms in total. The standard InChI is InChI=1S/C37H50N2O10/c1-7-38-17-34(18-49-32(42)20-10-8-9-11-23(20)39-26(40)14-19(2)31(39)41)13-12-25(46-4)36-22-15-21-24(45-3)16-35(43,27(22)28(21)47-5)37(44,33(36)38)30(48-6)29(34)36/h8-11,19,21-22,24-25,27-30,33,43-44H,7,12-18H2,1-6H3/t19?,21-,22-,24+,25-,27-,28+,29-,30+,33?,34+,35-,36+,37-/m1/s1. The third-order valence-corrected chi connectivity index (χ3v) is 14.5. The lowest BCUT2D eigenvalue weighted by Gasteiger charge is -2.70. The number of rotatable bonds is 9. The zero-order chi connectivity index (χ0) is 34.8. The highest BCUT2D eigenvalue weighted by atomic mass is 16.5. The predicted octanol–water partition coefficient (Wildman–Crippen LogP) is 2.04. The van der Waals surface area contributed by atoms with Crippen LogP contribution >= 0.6 is 0 Å². The summed E-state index contributed by atoms with van der Waals surface area (Å²) in [5.41, 5.74) is -4.17. The van der Waals surface area contributed by atoms with Crippen LogP contribution in [-0.4, -0.2) is 123 Å². The Morgan fingerprint density at radius 1 is 1.04 bits per heavy atom. The molecule has 2 heterocycles. The first kappa shape index (κ1) is 33.7. The molecule has 2 amide bonds. The van der Waals surface area contributed by atoms with E-state index in [0.717, 1.165) is 11.3 Å². The summed E-state index contributed by atoms with van der Waals surface area (Å²) in [6.07, 6.45) is 0.813. The Balaban J connectivity index is 1.23. The fourth-order valence-electron chi connectivity index (χ4n) is 13.2. The number of anilines is 1. The summed E-state index contributed by atoms with van der Waals surface area (Å²) >= 11 is 0. The molecule has 14 atom stereocenters. The molecule has 12 heteroatoms. The Hall–Kier alpha value is -2.45. The van der Waals surface area contributed by atoms with Crippen LogP contribution in [0.25, 0.3) is 0 Å². The van der Waals surface area contributed by atoms with Crippen molar-refractivity contribution in [2.75, 3.05) is 53.0 Å². The molecule has 1 spiro atoms. The van der Waals surface area contributed by atoms with E-state index in [2.05, 4.69) is 11.8 Å². The van der Waals surface area contributed by atoms with E-state index >= 15 is 0 Å². The third-order valence-electron chi connectivity index (χ3n) is 14.5. The van der Waals surface area contributed by atoms with Crippen LogP contribution in [0.1, 0.15) is 56.3 Å². The first-order valence-electron chi connectivity index (χ1n) is 17.9. The van der Waals surface area contributed by atoms with Gasteiger partial charge in [-0.3, -0.25) is 14.5 Å². The molecule has 8 rings (SSSR count). The Morgan fingerprint density at radius 2 is 1.80 bits per heavy atom. The van der Waals surface area contributed by atoms with E-state index in [1.54, 1.807) is 59.6 Å². The lowest BCUT2D eigenvalue weighted by Crippen LogP contribution is -2.82. The predicted molar refractivity (Wildman–Crippen MR) is 174 cm³/mol. The van der Waals surface area contributed by atoms with E-state index in [-0.39, 0.29) is 84.5 Å². The minimum Gasteiger partial charge on any atom is -0.461 e. The first-order valence-corrected chi connectivity index (χ1v) is 17.9. The van der Waals surface area contributed by atoms with Crippen molar-refractivity contribution in [3.63, 3.8) is 0 Å². The second-order valence-electron chi connectivity index (χ2n) is 16.0. The zero-order valence-corrected chi connectivity index (χ0v) is 29.3. The van der Waals surface area contributed by atoms with Gasteiger partial charge in [0, 0.05) is 82.3 Å². The highest BCUT2D eigenvalue weighted by molar-refractivity contribution is 6.22. The summed E-state index contributed by atoms with van der Waals surface area (Å²) in [7, 11) is 6.70. The Kier molecular flexibility index (Phi) is 7.75. The maximum Gasteiger partial charge on any atom is 0.340 e. The van der Waals surface area contributed by atoms with Gasteiger partial charge in [-0.2, -0.15) is 0 Å². The third kappa shape index (κ3) is 3.86. The molecule has 0 radical (unpaired) electrons. The summed E-state index contributed by atoms with van der Waals surface area (Å²) in [5.74, 6) is -2.47. The van der Waals surface area contributed by atoms with Crippen molar-refractivity contribution in [1.29, 1.82) is 0 Å². The van der Waals surface area contributed by atoms with Gasteiger partial charge in [0.1, 0.15) is 11.2 Å². The molecule has 268 valence electrons. The number of hydrogen-bond donors (Lipinski definition) is 2. The number of likely N-dealkylation sites (tertiary alicyclic amines) is 1. The van der Waals surface area contributed by atoms with Gasteiger partial charge in [-0.1, -0.05) is 26.0 Å². The number of methoxy groups -OCH3 is 4. The monoisotopic (exact) mass is 682 g/mol. The quantitative estimate of drug-likeness (QED) is 0.292. The normalized spacial score (nSPS) is 48.0. The summed E-state index contributed by atoms with van der Waals surface area (Å²) in [5, 5.41) is 26.6. The van der Waals surface area contributed by atoms with Gasteiger partial charge in [-0.15, -0.1) is 0 Å². The topological polar surface area (TPSA) is 144 Å². The number of carbonyl (C=O) groups excluding carboxylic acids is 3. The van der Waals surface area contributed by atoms with Gasteiger partial charge in [0.05, 0.1) is 48.3 Å². The van der Waals surface area contributed by atoms with Crippen LogP contribution in [0, 0.1) is 40.4 Å². The summed E-state index contributed by atoms with van der Waals surface area (Å²) in [4.78, 5) is 43.3. The number of hydrogen-bond acceptors (Lipinski definition) is 11. The summed E-state index contributed by atoms with van der Waals surface area (Å²) < 4.78 is 31.4. The smallest absolute Gasteiger partial charge is 0.340 e. The van der Waals surface area contributed by atoms with E-state index in [4.69, 9.17) is 23.7 Å². The van der Waals surface area contributed by atoms with Crippen molar-refractivity contribution in [3.8, 4) is 0 Å². The van der Waals surface area contributed by atoms with Crippen LogP contribution < -0.4 is 4.90 Å². The van der Waals surface area contributed by atoms with Gasteiger partial charge in [0.2, 0.25) is 11.8 Å². The fraction of sp³-hybridized carbons (Fsp3) is 0.757. The highest BCUT2D eigenvalue weighted by Gasteiger charge is 2.91. The van der Waals surface area contributed by atoms with Crippen molar-refractivity contribution in [1.82, 2.24) is 4.90 Å². The van der Waals surface area contributed by atoms with E-state index in [1.165, 1.54) is 0 Å². The number of carbonyl (C=O) groups is 3. The average molecular weight is 683 g/mol. The number of piperidine rings is 1. The van der Waals surface area contributed by atoms with E-state index in [1.807, 2.05) is 0 Å². The van der Waals surface area contributed by atoms with Gasteiger partial charge < -0.3 is 33.9 Å². The Labute approximate surface area is 287 Å². The number of likely N-dealkylation sites (N-methyl/N-ethyl adjacent to an activating group) is 1. The van der Waals surface area contributed by atoms with Gasteiger partial charge >= 0.3 is 5.97 Å². The van der Waals surface area contributed by atoms with Crippen LogP contribution in [0.4, 0.5) is 5.69 Å². The molecule has 1 aromatic carbocycles. The molecule has 1 aromatic rings. The van der Waals surface area contributed by atoms with E-state index in [0.29, 0.717) is 25.9 Å². The number of nitrogens with zero attached hydrogens (tertiary/aromatic N) is 2. The van der Waals surface area contributed by atoms with Crippen molar-refractivity contribution in [2.24, 2.45) is 40.4 Å². The van der Waals surface area contributed by atoms with Gasteiger partial charge in [0.25, 0.3) is 0 Å². The number of amides is 2. The molecule has 0 aromatic heterocycles. The molecule has 5 saturated carbocycles. The number of esters is 1. The average Bonchev–Trinajstić information content (AvgIpc) is 3.63. The summed E-state index contributed by atoms with van der Waals surface area (Å²) in [6.45, 7) is 4.95. The van der Waals surface area contributed by atoms with Crippen molar-refractivity contribution >= 4 is 23.5 Å². The van der Waals surface area contributed by atoms with E-state index in [9.17, 15) is 24.6 Å². The minimum absolute atomic E-state index is 0.0358. The van der Waals surface area contributed by atoms with Crippen LogP contribution in [-0.2, 0) is 33.3 Å². The second kappa shape index (κ2) is 11.3. The van der Waals surface area contributed by atoms with Crippen LogP contribution in [0.3, 0.4) is 0 Å². The molecule has 7 fully saturated rings. The Morgan fingerprint density at radius 3 is 2.43 bits per heavy atom. The molecule has 2 N–H and O–H groups in total. The van der Waals surface area contributed by atoms with Crippen LogP contribution in [0.5, 0.6) is 0 Å². The molecule has 7 aliphatic rings. The number of benzene rings is 1. The number of aliphatic hydroxyl groups is 2. The highest BCUT2D eigenvalue weighted by Crippen LogP contribution is 2.80. The van der Waals surface area contributed by atoms with Crippen molar-refractivity contribution in [2.45, 2.75) is 87.6 Å². The maximum atomic E-state index is 14.1. The lowest BCUT2D eigenvalue weighted by atomic mass is 9.42. The largest absolute Gasteiger partial charge is 0.461 e. The van der Waals surface area contributed by atoms with Crippen molar-refractivity contribution in [3.05, 3.63) is 29.8 Å². The SMILES string of the molecule is CCN1C[C@]2(COC(=O)c3ccccc3N3C(=O)CC(C)C3=O)CC[C@@H](OC)[C@]34C1[C@](O)([C@@H](OC)[C@H]23)[C@@]1(O)C[C@H](OC)[C@H]2C[C@@H]4[C@@H]1[C@H]2OC. The van der Waals surface area contributed by atoms with Gasteiger partial charge in [-0.25, -0.2) is 9.69 Å². The van der Waals surface area contributed by atoms with Crippen molar-refractivity contribution < 1.29 is 48.3 Å². The molecule has 2 unspecified atom stereocenters. The Bertz CT molecular complexity index is 1560. The molecule has 5 aliphatic carbocycles. The summed E-state index contributed by atoms with van der Waals surface area (Å²) in [6, 6.07) is 6.12. The fourth-order valence-corrected chi connectivity index (χ4v) is 13.2. The minimum atomic E-state index is -1.70. The first-order chi connectivity index (χ1) is 23.4. The molecular formula is C37H50N2O10. The molecule has 49 heavy (non-hydrogen) atoms. The number of para-hydroxylation sites is 1.